The molecule has 0 aromatic carbocycles. The van der Waals surface area contributed by atoms with Gasteiger partial charge in [0, 0.05) is 12.8 Å². The van der Waals surface area contributed by atoms with Gasteiger partial charge in [0.05, 0.1) is 6.61 Å². The summed E-state index contributed by atoms with van der Waals surface area (Å²) in [6, 6.07) is 0. The third-order valence-electron chi connectivity index (χ3n) is 7.80. The largest absolute Gasteiger partial charge is 0.469 e. The molecule has 0 bridgehead atoms. The highest BCUT2D eigenvalue weighted by molar-refractivity contribution is 7.46. The van der Waals surface area contributed by atoms with Crippen LogP contribution in [0.1, 0.15) is 155 Å². The molecular formula is C41H69O8P. The van der Waals surface area contributed by atoms with E-state index in [0.717, 1.165) is 57.8 Å². The standard InChI is InChI=1S/C41H69O8P/c1-3-5-7-9-11-13-15-17-19-20-22-23-25-27-29-31-33-35-40(42)47-37-39(38-48-50(44,45)46)49-41(43)36-34-32-30-28-26-24-21-18-16-14-12-10-8-6-4-2/h6,8,10,12,14,16,18,21-23,27,29,39H,3-5,7,9,11,13,15,17,19-20,24-26,28,30-38H2,1-2H3,(H2,44,45,46)/b8-6+,12-10+,16-14+,21-18+,23-22+,29-27+/t39-/m1/s1. The number of ether oxygens (including phenoxy) is 2. The van der Waals surface area contributed by atoms with Crippen molar-refractivity contribution in [1.82, 2.24) is 0 Å². The minimum atomic E-state index is -4.77. The molecule has 0 unspecified atom stereocenters. The number of carbonyl (C=O) groups excluding carboxylic acids is 2. The molecule has 0 spiro atoms. The van der Waals surface area contributed by atoms with Crippen molar-refractivity contribution in [2.45, 2.75) is 161 Å². The van der Waals surface area contributed by atoms with E-state index in [2.05, 4.69) is 54.8 Å². The predicted octanol–water partition coefficient (Wildman–Crippen LogP) is 11.5. The predicted molar refractivity (Wildman–Crippen MR) is 207 cm³/mol. The molecule has 50 heavy (non-hydrogen) atoms. The SMILES string of the molecule is CC/C=C/C=C/C=C/C=C/CCCCCCCC(=O)O[C@H](COC(=O)CCC/C=C/C/C=C/CCCCCCCCCCC)COP(=O)(O)O. The first-order valence-corrected chi connectivity index (χ1v) is 20.8. The number of rotatable bonds is 34. The summed E-state index contributed by atoms with van der Waals surface area (Å²) in [6.07, 6.45) is 46.3. The van der Waals surface area contributed by atoms with Gasteiger partial charge in [-0.25, -0.2) is 4.57 Å². The first kappa shape index (κ1) is 47.5. The summed E-state index contributed by atoms with van der Waals surface area (Å²) in [7, 11) is -4.77. The van der Waals surface area contributed by atoms with Crippen LogP contribution >= 0.6 is 7.82 Å². The highest BCUT2D eigenvalue weighted by Crippen LogP contribution is 2.36. The molecule has 0 amide bonds. The van der Waals surface area contributed by atoms with Crippen LogP contribution in [0.25, 0.3) is 0 Å². The van der Waals surface area contributed by atoms with Gasteiger partial charge < -0.3 is 19.3 Å². The van der Waals surface area contributed by atoms with Crippen LogP contribution in [0.3, 0.4) is 0 Å². The zero-order valence-corrected chi connectivity index (χ0v) is 32.2. The van der Waals surface area contributed by atoms with E-state index in [4.69, 9.17) is 19.3 Å². The number of allylic oxidation sites excluding steroid dienone is 12. The smallest absolute Gasteiger partial charge is 0.462 e. The van der Waals surface area contributed by atoms with Crippen LogP contribution in [0.4, 0.5) is 0 Å². The van der Waals surface area contributed by atoms with Crippen molar-refractivity contribution in [3.8, 4) is 0 Å². The second-order valence-electron chi connectivity index (χ2n) is 12.6. The number of phosphoric ester groups is 1. The van der Waals surface area contributed by atoms with Gasteiger partial charge in [-0.15, -0.1) is 0 Å². The van der Waals surface area contributed by atoms with E-state index in [1.807, 2.05) is 36.5 Å². The second-order valence-corrected chi connectivity index (χ2v) is 13.8. The number of hydrogen-bond donors (Lipinski definition) is 2. The van der Waals surface area contributed by atoms with Crippen LogP contribution < -0.4 is 0 Å². The second kappa shape index (κ2) is 36.3. The van der Waals surface area contributed by atoms with Crippen LogP contribution in [-0.2, 0) is 28.2 Å². The Hall–Kier alpha value is -2.51. The molecule has 0 aliphatic heterocycles. The first-order chi connectivity index (χ1) is 24.3. The number of esters is 2. The van der Waals surface area contributed by atoms with Crippen LogP contribution in [0, 0.1) is 0 Å². The van der Waals surface area contributed by atoms with Gasteiger partial charge >= 0.3 is 19.8 Å². The molecule has 0 rings (SSSR count). The van der Waals surface area contributed by atoms with Crippen molar-refractivity contribution in [2.75, 3.05) is 13.2 Å². The normalized spacial score (nSPS) is 13.3. The van der Waals surface area contributed by atoms with E-state index in [1.54, 1.807) is 0 Å². The fraction of sp³-hybridized carbons (Fsp3) is 0.659. The van der Waals surface area contributed by atoms with Gasteiger partial charge in [0.15, 0.2) is 6.10 Å². The highest BCUT2D eigenvalue weighted by Gasteiger charge is 2.22. The van der Waals surface area contributed by atoms with Gasteiger partial charge in [0.2, 0.25) is 0 Å². The molecule has 0 saturated carbocycles. The minimum Gasteiger partial charge on any atom is -0.462 e. The minimum absolute atomic E-state index is 0.173. The van der Waals surface area contributed by atoms with Gasteiger partial charge in [0.25, 0.3) is 0 Å². The van der Waals surface area contributed by atoms with Gasteiger partial charge in [0.1, 0.15) is 6.61 Å². The summed E-state index contributed by atoms with van der Waals surface area (Å²) < 4.78 is 26.3. The lowest BCUT2D eigenvalue weighted by Gasteiger charge is -2.18. The Morgan fingerprint density at radius 1 is 0.560 bits per heavy atom. The Kier molecular flexibility index (Phi) is 34.5. The fourth-order valence-electron chi connectivity index (χ4n) is 4.95. The molecule has 0 aliphatic rings. The number of carbonyl (C=O) groups is 2. The third-order valence-corrected chi connectivity index (χ3v) is 8.29. The van der Waals surface area contributed by atoms with E-state index in [-0.39, 0.29) is 19.4 Å². The maximum atomic E-state index is 12.4. The highest BCUT2D eigenvalue weighted by atomic mass is 31.2. The molecule has 0 saturated heterocycles. The maximum absolute atomic E-state index is 12.4. The van der Waals surface area contributed by atoms with Gasteiger partial charge in [-0.3, -0.25) is 14.1 Å². The van der Waals surface area contributed by atoms with Crippen molar-refractivity contribution in [1.29, 1.82) is 0 Å². The molecule has 0 aromatic rings. The lowest BCUT2D eigenvalue weighted by molar-refractivity contribution is -0.161. The topological polar surface area (TPSA) is 119 Å². The Labute approximate surface area is 304 Å². The molecule has 0 radical (unpaired) electrons. The van der Waals surface area contributed by atoms with Gasteiger partial charge in [-0.05, 0) is 57.8 Å². The molecular weight excluding hydrogens is 651 g/mol. The number of phosphoric acid groups is 1. The third kappa shape index (κ3) is 38.3. The van der Waals surface area contributed by atoms with Crippen molar-refractivity contribution >= 4 is 19.8 Å². The van der Waals surface area contributed by atoms with E-state index >= 15 is 0 Å². The summed E-state index contributed by atoms with van der Waals surface area (Å²) in [5.74, 6) is -0.972. The molecule has 2 N–H and O–H groups in total. The molecule has 0 aliphatic carbocycles. The summed E-state index contributed by atoms with van der Waals surface area (Å²) in [4.78, 5) is 42.7. The van der Waals surface area contributed by atoms with Crippen molar-refractivity contribution in [3.05, 3.63) is 72.9 Å². The van der Waals surface area contributed by atoms with Crippen LogP contribution in [-0.4, -0.2) is 41.0 Å². The average molecular weight is 721 g/mol. The lowest BCUT2D eigenvalue weighted by atomic mass is 10.1. The first-order valence-electron chi connectivity index (χ1n) is 19.3. The van der Waals surface area contributed by atoms with Gasteiger partial charge in [-0.1, -0.05) is 157 Å². The molecule has 9 heteroatoms. The molecule has 0 fully saturated rings. The summed E-state index contributed by atoms with van der Waals surface area (Å²) in [6.45, 7) is 3.47. The van der Waals surface area contributed by atoms with E-state index in [0.29, 0.717) is 12.8 Å². The maximum Gasteiger partial charge on any atom is 0.469 e. The monoisotopic (exact) mass is 720 g/mol. The Morgan fingerprint density at radius 3 is 1.66 bits per heavy atom. The Balaban J connectivity index is 4.08. The summed E-state index contributed by atoms with van der Waals surface area (Å²) in [5, 5.41) is 0. The molecule has 286 valence electrons. The van der Waals surface area contributed by atoms with Crippen molar-refractivity contribution in [2.24, 2.45) is 0 Å². The summed E-state index contributed by atoms with van der Waals surface area (Å²) >= 11 is 0. The van der Waals surface area contributed by atoms with Crippen molar-refractivity contribution < 1.29 is 37.9 Å². The van der Waals surface area contributed by atoms with E-state index in [9.17, 15) is 14.2 Å². The lowest BCUT2D eigenvalue weighted by Crippen LogP contribution is -2.29. The zero-order chi connectivity index (χ0) is 36.8. The van der Waals surface area contributed by atoms with E-state index < -0.39 is 32.5 Å². The average Bonchev–Trinajstić information content (AvgIpc) is 3.08. The fourth-order valence-corrected chi connectivity index (χ4v) is 5.31. The Bertz CT molecular complexity index is 1040. The zero-order valence-electron chi connectivity index (χ0n) is 31.3. The van der Waals surface area contributed by atoms with E-state index in [1.165, 1.54) is 57.8 Å². The molecule has 0 aromatic heterocycles. The van der Waals surface area contributed by atoms with Crippen LogP contribution in [0.2, 0.25) is 0 Å². The Morgan fingerprint density at radius 2 is 1.06 bits per heavy atom. The quantitative estimate of drug-likeness (QED) is 0.0222. The van der Waals surface area contributed by atoms with Crippen molar-refractivity contribution in [3.63, 3.8) is 0 Å². The van der Waals surface area contributed by atoms with Crippen LogP contribution in [0.5, 0.6) is 0 Å². The van der Waals surface area contributed by atoms with Crippen LogP contribution in [0.15, 0.2) is 72.9 Å². The van der Waals surface area contributed by atoms with Gasteiger partial charge in [-0.2, -0.15) is 0 Å². The molecule has 1 atom stereocenters. The number of unbranched alkanes of at least 4 members (excludes halogenated alkanes) is 15. The number of hydrogen-bond acceptors (Lipinski definition) is 6. The molecule has 8 nitrogen and oxygen atoms in total. The summed E-state index contributed by atoms with van der Waals surface area (Å²) in [5.41, 5.74) is 0. The molecule has 0 heterocycles.